The summed E-state index contributed by atoms with van der Waals surface area (Å²) in [4.78, 5) is 13.2. The minimum absolute atomic E-state index is 0.0494. The average Bonchev–Trinajstić information content (AvgIpc) is 1.97. The van der Waals surface area contributed by atoms with Crippen LogP contribution in [0.4, 0.5) is 0 Å². The Hall–Kier alpha value is -0.610. The maximum atomic E-state index is 11.2. The smallest absolute Gasteiger partial charge is 0.236 e. The van der Waals surface area contributed by atoms with Gasteiger partial charge in [0.25, 0.3) is 0 Å². The predicted molar refractivity (Wildman–Crippen MR) is 47.7 cm³/mol. The second kappa shape index (κ2) is 3.03. The Morgan fingerprint density at radius 3 is 2.50 bits per heavy atom. The van der Waals surface area contributed by atoms with Crippen LogP contribution in [0.5, 0.6) is 0 Å². The van der Waals surface area contributed by atoms with Crippen molar-refractivity contribution in [3.8, 4) is 0 Å². The van der Waals surface area contributed by atoms with Crippen LogP contribution in [-0.2, 0) is 4.79 Å². The predicted octanol–water partition coefficient (Wildman–Crippen LogP) is -0.846. The van der Waals surface area contributed by atoms with Crippen LogP contribution in [0.3, 0.4) is 0 Å². The molecule has 0 radical (unpaired) electrons. The van der Waals surface area contributed by atoms with Gasteiger partial charge in [0, 0.05) is 25.7 Å². The lowest BCUT2D eigenvalue weighted by molar-refractivity contribution is -0.128. The fourth-order valence-electron chi connectivity index (χ4n) is 1.53. The Kier molecular flexibility index (Phi) is 2.39. The second-order valence-electron chi connectivity index (χ2n) is 3.85. The van der Waals surface area contributed by atoms with Crippen molar-refractivity contribution in [3.05, 3.63) is 0 Å². The normalized spacial score (nSPS) is 24.3. The van der Waals surface area contributed by atoms with Gasteiger partial charge in [0.15, 0.2) is 0 Å². The third-order valence-corrected chi connectivity index (χ3v) is 2.30. The highest BCUT2D eigenvalue weighted by molar-refractivity contribution is 5.81. The van der Waals surface area contributed by atoms with Crippen molar-refractivity contribution < 1.29 is 4.79 Å². The highest BCUT2D eigenvalue weighted by atomic mass is 16.2. The zero-order chi connectivity index (χ0) is 9.35. The summed E-state index contributed by atoms with van der Waals surface area (Å²) in [6.45, 7) is 5.51. The van der Waals surface area contributed by atoms with E-state index in [0.29, 0.717) is 0 Å². The van der Waals surface area contributed by atoms with E-state index in [2.05, 4.69) is 10.2 Å². The minimum Gasteiger partial charge on any atom is -0.358 e. The van der Waals surface area contributed by atoms with Crippen molar-refractivity contribution >= 4 is 5.91 Å². The van der Waals surface area contributed by atoms with E-state index in [1.165, 1.54) is 0 Å². The number of amides is 1. The number of nitrogens with two attached hydrogens (primary N) is 1. The summed E-state index contributed by atoms with van der Waals surface area (Å²) in [6.07, 6.45) is 0. The molecule has 0 aromatic heterocycles. The lowest BCUT2D eigenvalue weighted by atomic mass is 9.92. The number of carbonyl (C=O) groups is 1. The van der Waals surface area contributed by atoms with Crippen LogP contribution >= 0.6 is 0 Å². The van der Waals surface area contributed by atoms with Gasteiger partial charge in [-0.15, -0.1) is 0 Å². The first kappa shape index (κ1) is 9.48. The van der Waals surface area contributed by atoms with Crippen molar-refractivity contribution in [1.82, 2.24) is 10.2 Å². The summed E-state index contributed by atoms with van der Waals surface area (Å²) in [5.41, 5.74) is 5.72. The molecule has 1 heterocycles. The summed E-state index contributed by atoms with van der Waals surface area (Å²) >= 11 is 0. The summed E-state index contributed by atoms with van der Waals surface area (Å²) in [7, 11) is 1.65. The Balaban J connectivity index is 2.38. The topological polar surface area (TPSA) is 58.4 Å². The molecule has 0 aromatic rings. The maximum Gasteiger partial charge on any atom is 0.236 e. The van der Waals surface area contributed by atoms with Gasteiger partial charge in [0.05, 0.1) is 6.04 Å². The number of hydrogen-bond acceptors (Lipinski definition) is 3. The van der Waals surface area contributed by atoms with Gasteiger partial charge in [-0.05, 0) is 13.8 Å². The number of hydrogen-bond donors (Lipinski definition) is 2. The number of nitrogens with one attached hydrogen (secondary N) is 1. The molecule has 1 saturated heterocycles. The van der Waals surface area contributed by atoms with Gasteiger partial charge in [0.2, 0.25) is 5.91 Å². The first-order valence-electron chi connectivity index (χ1n) is 4.21. The van der Waals surface area contributed by atoms with E-state index in [-0.39, 0.29) is 17.5 Å². The highest BCUT2D eigenvalue weighted by Crippen LogP contribution is 2.19. The van der Waals surface area contributed by atoms with Crippen LogP contribution in [0.25, 0.3) is 0 Å². The molecule has 1 amide bonds. The molecule has 0 bridgehead atoms. The number of likely N-dealkylation sites (tertiary alicyclic amines) is 1. The lowest BCUT2D eigenvalue weighted by Crippen LogP contribution is -2.69. The lowest BCUT2D eigenvalue weighted by Gasteiger charge is -2.47. The zero-order valence-corrected chi connectivity index (χ0v) is 7.92. The van der Waals surface area contributed by atoms with Gasteiger partial charge in [-0.3, -0.25) is 9.69 Å². The van der Waals surface area contributed by atoms with Gasteiger partial charge in [-0.1, -0.05) is 0 Å². The van der Waals surface area contributed by atoms with Crippen molar-refractivity contribution in [2.75, 3.05) is 20.1 Å². The SMILES string of the molecule is CNC(=O)C(C)N1CC(C)(N)C1. The summed E-state index contributed by atoms with van der Waals surface area (Å²) in [5, 5.41) is 2.62. The fraction of sp³-hybridized carbons (Fsp3) is 0.875. The first-order valence-corrected chi connectivity index (χ1v) is 4.21. The third-order valence-electron chi connectivity index (χ3n) is 2.30. The molecule has 1 unspecified atom stereocenters. The van der Waals surface area contributed by atoms with Crippen molar-refractivity contribution in [3.63, 3.8) is 0 Å². The largest absolute Gasteiger partial charge is 0.358 e. The molecule has 4 heteroatoms. The van der Waals surface area contributed by atoms with E-state index in [1.807, 2.05) is 13.8 Å². The van der Waals surface area contributed by atoms with Gasteiger partial charge in [-0.25, -0.2) is 0 Å². The molecule has 1 aliphatic rings. The van der Waals surface area contributed by atoms with Gasteiger partial charge >= 0.3 is 0 Å². The third kappa shape index (κ3) is 1.76. The highest BCUT2D eigenvalue weighted by Gasteiger charge is 2.39. The first-order chi connectivity index (χ1) is 5.46. The van der Waals surface area contributed by atoms with Crippen LogP contribution in [0.1, 0.15) is 13.8 Å². The molecular formula is C8H17N3O. The van der Waals surface area contributed by atoms with E-state index < -0.39 is 0 Å². The monoisotopic (exact) mass is 171 g/mol. The molecule has 0 saturated carbocycles. The molecule has 0 spiro atoms. The number of likely N-dealkylation sites (N-methyl/N-ethyl adjacent to an activating group) is 1. The Morgan fingerprint density at radius 1 is 1.67 bits per heavy atom. The maximum absolute atomic E-state index is 11.2. The average molecular weight is 171 g/mol. The molecule has 0 aromatic carbocycles. The van der Waals surface area contributed by atoms with Crippen LogP contribution in [0, 0.1) is 0 Å². The molecule has 1 aliphatic heterocycles. The summed E-state index contributed by atoms with van der Waals surface area (Å²) in [5.74, 6) is 0.0606. The van der Waals surface area contributed by atoms with Crippen molar-refractivity contribution in [2.24, 2.45) is 5.73 Å². The Labute approximate surface area is 73.1 Å². The summed E-state index contributed by atoms with van der Waals surface area (Å²) in [6, 6.07) is -0.0494. The molecule has 1 atom stereocenters. The van der Waals surface area contributed by atoms with Crippen LogP contribution in [-0.4, -0.2) is 42.5 Å². The van der Waals surface area contributed by atoms with E-state index in [1.54, 1.807) is 7.05 Å². The zero-order valence-electron chi connectivity index (χ0n) is 7.92. The quantitative estimate of drug-likeness (QED) is 0.569. The van der Waals surface area contributed by atoms with E-state index in [4.69, 9.17) is 5.73 Å². The Bertz CT molecular complexity index is 183. The molecule has 1 fully saturated rings. The van der Waals surface area contributed by atoms with Gasteiger partial charge in [0.1, 0.15) is 0 Å². The van der Waals surface area contributed by atoms with Gasteiger partial charge < -0.3 is 11.1 Å². The van der Waals surface area contributed by atoms with Gasteiger partial charge in [-0.2, -0.15) is 0 Å². The molecular weight excluding hydrogens is 154 g/mol. The number of carbonyl (C=O) groups excluding carboxylic acids is 1. The summed E-state index contributed by atoms with van der Waals surface area (Å²) < 4.78 is 0. The molecule has 70 valence electrons. The molecule has 3 N–H and O–H groups in total. The fourth-order valence-corrected chi connectivity index (χ4v) is 1.53. The van der Waals surface area contributed by atoms with E-state index >= 15 is 0 Å². The number of nitrogens with zero attached hydrogens (tertiary/aromatic N) is 1. The van der Waals surface area contributed by atoms with E-state index in [0.717, 1.165) is 13.1 Å². The van der Waals surface area contributed by atoms with E-state index in [9.17, 15) is 4.79 Å². The number of rotatable bonds is 2. The molecule has 4 nitrogen and oxygen atoms in total. The van der Waals surface area contributed by atoms with Crippen LogP contribution in [0.2, 0.25) is 0 Å². The molecule has 1 rings (SSSR count). The second-order valence-corrected chi connectivity index (χ2v) is 3.85. The molecule has 0 aliphatic carbocycles. The van der Waals surface area contributed by atoms with Crippen LogP contribution in [0.15, 0.2) is 0 Å². The van der Waals surface area contributed by atoms with Crippen LogP contribution < -0.4 is 11.1 Å². The standard InChI is InChI=1S/C8H17N3O/c1-6(7(12)10-3)11-4-8(2,9)5-11/h6H,4-5,9H2,1-3H3,(H,10,12). The Morgan fingerprint density at radius 2 is 2.17 bits per heavy atom. The minimum atomic E-state index is -0.0950. The van der Waals surface area contributed by atoms with Crippen molar-refractivity contribution in [1.29, 1.82) is 0 Å². The molecule has 12 heavy (non-hydrogen) atoms. The van der Waals surface area contributed by atoms with Crippen molar-refractivity contribution in [2.45, 2.75) is 25.4 Å².